The maximum absolute atomic E-state index is 10.2. The van der Waals surface area contributed by atoms with Gasteiger partial charge in [0.05, 0.1) is 5.75 Å². The van der Waals surface area contributed by atoms with Crippen molar-refractivity contribution in [2.24, 2.45) is 0 Å². The van der Waals surface area contributed by atoms with Crippen molar-refractivity contribution in [3.63, 3.8) is 0 Å². The molecule has 0 unspecified atom stereocenters. The van der Waals surface area contributed by atoms with Gasteiger partial charge < -0.3 is 5.32 Å². The maximum atomic E-state index is 10.2. The Kier molecular flexibility index (Phi) is 2.01. The van der Waals surface area contributed by atoms with E-state index in [0.29, 0.717) is 0 Å². The number of hydrogen-bond acceptors (Lipinski definition) is 2. The van der Waals surface area contributed by atoms with Gasteiger partial charge in [-0.2, -0.15) is 12.5 Å². The normalized spacial score (nSPS) is 9.83. The van der Waals surface area contributed by atoms with Gasteiger partial charge in [0.15, 0.2) is 0 Å². The molecule has 0 saturated heterocycles. The van der Waals surface area contributed by atoms with Gasteiger partial charge in [0, 0.05) is 7.05 Å². The number of carbonyl (C=O) groups excluding carboxylic acids is 1. The Balaban J connectivity index is 3.00. The molecule has 0 spiro atoms. The molecule has 0 saturated carbocycles. The lowest BCUT2D eigenvalue weighted by atomic mass is 10.7. The summed E-state index contributed by atoms with van der Waals surface area (Å²) in [5, 5.41) is 2.39. The summed E-state index contributed by atoms with van der Waals surface area (Å²) < 4.78 is 6.49. The molecule has 1 N–H and O–H groups in total. The van der Waals surface area contributed by atoms with E-state index in [-0.39, 0.29) is 11.7 Å². The predicted octanol–water partition coefficient (Wildman–Crippen LogP) is -0.338. The second-order valence-electron chi connectivity index (χ2n) is 0.818. The van der Waals surface area contributed by atoms with Crippen molar-refractivity contribution < 1.29 is 4.79 Å². The van der Waals surface area contributed by atoms with E-state index < -0.39 is 0 Å². The molecule has 0 atom stereocenters. The van der Waals surface area contributed by atoms with E-state index in [1.165, 1.54) is 0 Å². The fraction of sp³-hybridized carbons (Fsp3) is 0.667. The molecule has 0 heterocycles. The van der Waals surface area contributed by atoms with E-state index in [2.05, 4.69) is 5.32 Å². The molecule has 0 aliphatic heterocycles. The minimum absolute atomic E-state index is 0.0972. The highest BCUT2D eigenvalue weighted by molar-refractivity contribution is 7.81. The first-order valence-electron chi connectivity index (χ1n) is 2.00. The molecular formula is C3H7NOS. The van der Waals surface area contributed by atoms with Crippen molar-refractivity contribution in [3.05, 3.63) is 0 Å². The van der Waals surface area contributed by atoms with Gasteiger partial charge in [-0.15, -0.1) is 0 Å². The van der Waals surface area contributed by atoms with Crippen LogP contribution >= 0.6 is 12.5 Å². The minimum atomic E-state index is -0.0972. The Hall–Kier alpha value is -0.180. The molecule has 2 nitrogen and oxygen atoms in total. The van der Waals surface area contributed by atoms with Gasteiger partial charge in [-0.3, -0.25) is 4.79 Å². The van der Waals surface area contributed by atoms with Crippen LogP contribution in [0.5, 0.6) is 0 Å². The lowest BCUT2D eigenvalue weighted by Crippen LogP contribution is -2.18. The van der Waals surface area contributed by atoms with Crippen LogP contribution in [0.15, 0.2) is 0 Å². The minimum Gasteiger partial charge on any atom is -0.358 e. The second kappa shape index (κ2) is 3.03. The second-order valence-corrected chi connectivity index (χ2v) is 1.11. The lowest BCUT2D eigenvalue weighted by molar-refractivity contribution is -0.118. The summed E-state index contributed by atoms with van der Waals surface area (Å²) in [5.41, 5.74) is 0. The summed E-state index contributed by atoms with van der Waals surface area (Å²) in [6, 6.07) is 0. The first-order valence-corrected chi connectivity index (χ1v) is 2.17. The first kappa shape index (κ1) is 3.99. The van der Waals surface area contributed by atoms with Crippen molar-refractivity contribution in [2.45, 2.75) is 0 Å². The maximum Gasteiger partial charge on any atom is 0.229 e. The predicted molar refractivity (Wildman–Crippen MR) is 27.9 cm³/mol. The Morgan fingerprint density at radius 3 is 3.17 bits per heavy atom. The summed E-state index contributed by atoms with van der Waals surface area (Å²) in [4.78, 5) is 10.2. The van der Waals surface area contributed by atoms with Crippen LogP contribution in [0.25, 0.3) is 0 Å². The van der Waals surface area contributed by atoms with Crippen molar-refractivity contribution in [3.8, 4) is 0 Å². The summed E-state index contributed by atoms with van der Waals surface area (Å²) in [5.74, 6) is 0.135. The molecule has 0 aromatic rings. The summed E-state index contributed by atoms with van der Waals surface area (Å²) in [6.07, 6.45) is 0. The molecule has 0 aliphatic carbocycles. The zero-order chi connectivity index (χ0) is 5.70. The molecule has 3 heteroatoms. The van der Waals surface area contributed by atoms with Crippen LogP contribution in [0.3, 0.4) is 0 Å². The van der Waals surface area contributed by atoms with E-state index >= 15 is 0 Å². The highest BCUT2D eigenvalue weighted by atomic mass is 32.1. The third-order valence-corrected chi connectivity index (χ3v) is 0.672. The van der Waals surface area contributed by atoms with Crippen LogP contribution in [-0.4, -0.2) is 19.8 Å². The zero-order valence-corrected chi connectivity index (χ0v) is 4.34. The number of thiol groups is 1. The highest BCUT2D eigenvalue weighted by Crippen LogP contribution is 1.67. The number of carbonyl (C=O) groups is 1. The summed E-state index contributed by atoms with van der Waals surface area (Å²) in [7, 11) is 1.55. The van der Waals surface area contributed by atoms with E-state index in [4.69, 9.17) is 1.12 Å². The van der Waals surface area contributed by atoms with E-state index in [1.807, 2.05) is 0 Å². The van der Waals surface area contributed by atoms with Crippen molar-refractivity contribution in [2.75, 3.05) is 12.8 Å². The number of rotatable bonds is 2. The Labute approximate surface area is 43.4 Å². The van der Waals surface area contributed by atoms with Gasteiger partial charge in [-0.25, -0.2) is 0 Å². The average Bonchev–Trinajstić information content (AvgIpc) is 1.68. The molecule has 6 heavy (non-hydrogen) atoms. The van der Waals surface area contributed by atoms with Gasteiger partial charge in [0.1, 0.15) is 1.12 Å². The molecule has 36 valence electrons. The topological polar surface area (TPSA) is 29.1 Å². The molecule has 0 rings (SSSR count). The summed E-state index contributed by atoms with van der Waals surface area (Å²) >= 11 is 0.772. The quantitative estimate of drug-likeness (QED) is 0.463. The van der Waals surface area contributed by atoms with Crippen LogP contribution in [-0.2, 0) is 4.79 Å². The largest absolute Gasteiger partial charge is 0.358 e. The molecule has 0 fully saturated rings. The standard InChI is InChI=1S/C3H7NOS/c1-4-3(5)2-6/h6H,2H2,1H3,(H,4,5)/i/hD. The Bertz CT molecular complexity index is 68.0. The molecule has 0 aliphatic rings. The first-order chi connectivity index (χ1) is 3.31. The third-order valence-electron chi connectivity index (χ3n) is 0.410. The van der Waals surface area contributed by atoms with Crippen molar-refractivity contribution >= 4 is 18.4 Å². The number of amides is 1. The monoisotopic (exact) mass is 106 g/mol. The third kappa shape index (κ3) is 2.08. The van der Waals surface area contributed by atoms with Gasteiger partial charge in [0.2, 0.25) is 5.91 Å². The zero-order valence-electron chi connectivity index (χ0n) is 4.52. The van der Waals surface area contributed by atoms with E-state index in [1.54, 1.807) is 7.05 Å². The SMILES string of the molecule is [2H]SCC(=O)NC. The smallest absolute Gasteiger partial charge is 0.229 e. The van der Waals surface area contributed by atoms with Crippen LogP contribution < -0.4 is 5.32 Å². The van der Waals surface area contributed by atoms with Crippen LogP contribution in [0, 0.1) is 0 Å². The molecule has 1 amide bonds. The number of hydrogen-bond donors (Lipinski definition) is 2. The van der Waals surface area contributed by atoms with Crippen LogP contribution in [0.2, 0.25) is 0 Å². The molecule has 0 bridgehead atoms. The van der Waals surface area contributed by atoms with Gasteiger partial charge in [-0.1, -0.05) is 0 Å². The molecule has 0 aromatic carbocycles. The Morgan fingerprint density at radius 2 is 3.00 bits per heavy atom. The lowest BCUT2D eigenvalue weighted by Gasteiger charge is -1.86. The highest BCUT2D eigenvalue weighted by Gasteiger charge is 1.85. The Morgan fingerprint density at radius 1 is 2.33 bits per heavy atom. The van der Waals surface area contributed by atoms with Crippen molar-refractivity contribution in [1.29, 1.82) is 1.12 Å². The molecular weight excluding hydrogens is 98.1 g/mol. The van der Waals surface area contributed by atoms with Gasteiger partial charge in [-0.05, 0) is 0 Å². The van der Waals surface area contributed by atoms with Crippen LogP contribution in [0.4, 0.5) is 0 Å². The number of nitrogens with one attached hydrogen (secondary N) is 1. The molecule has 0 radical (unpaired) electrons. The fourth-order valence-electron chi connectivity index (χ4n) is 0.0722. The van der Waals surface area contributed by atoms with E-state index in [0.717, 1.165) is 12.5 Å². The average molecular weight is 106 g/mol. The van der Waals surface area contributed by atoms with Crippen molar-refractivity contribution in [1.82, 2.24) is 5.32 Å². The van der Waals surface area contributed by atoms with E-state index in [9.17, 15) is 4.79 Å². The van der Waals surface area contributed by atoms with Gasteiger partial charge in [0.25, 0.3) is 0 Å². The fourth-order valence-corrected chi connectivity index (χ4v) is 0.217. The summed E-state index contributed by atoms with van der Waals surface area (Å²) in [6.45, 7) is 0. The van der Waals surface area contributed by atoms with Gasteiger partial charge >= 0.3 is 0 Å². The molecule has 0 aromatic heterocycles. The van der Waals surface area contributed by atoms with Crippen LogP contribution in [0.1, 0.15) is 0 Å².